The minimum atomic E-state index is -0.479. The van der Waals surface area contributed by atoms with Crippen LogP contribution in [0.3, 0.4) is 0 Å². The second-order valence-electron chi connectivity index (χ2n) is 8.71. The van der Waals surface area contributed by atoms with Gasteiger partial charge < -0.3 is 9.73 Å². The van der Waals surface area contributed by atoms with E-state index in [4.69, 9.17) is 4.42 Å². The quantitative estimate of drug-likeness (QED) is 0.507. The fraction of sp³-hybridized carbons (Fsp3) is 0.458. The van der Waals surface area contributed by atoms with E-state index in [0.717, 1.165) is 55.4 Å². The number of nitro benzene ring substituents is 1. The fourth-order valence-corrected chi connectivity index (χ4v) is 4.58. The molecule has 2 N–H and O–H groups in total. The Kier molecular flexibility index (Phi) is 6.86. The van der Waals surface area contributed by atoms with Crippen molar-refractivity contribution < 1.29 is 18.9 Å². The number of benzene rings is 1. The highest BCUT2D eigenvalue weighted by Crippen LogP contribution is 2.30. The van der Waals surface area contributed by atoms with Gasteiger partial charge in [-0.2, -0.15) is 5.10 Å². The predicted octanol–water partition coefficient (Wildman–Crippen LogP) is 3.96. The van der Waals surface area contributed by atoms with E-state index < -0.39 is 4.92 Å². The van der Waals surface area contributed by atoms with E-state index in [9.17, 15) is 19.7 Å². The molecular weight excluding hydrogens is 424 g/mol. The van der Waals surface area contributed by atoms with Crippen molar-refractivity contribution in [3.8, 4) is 0 Å². The molecule has 0 bridgehead atoms. The van der Waals surface area contributed by atoms with Crippen molar-refractivity contribution >= 4 is 23.2 Å². The summed E-state index contributed by atoms with van der Waals surface area (Å²) in [5.41, 5.74) is 5.48. The summed E-state index contributed by atoms with van der Waals surface area (Å²) in [6, 6.07) is 6.05. The summed E-state index contributed by atoms with van der Waals surface area (Å²) in [4.78, 5) is 35.5. The van der Waals surface area contributed by atoms with Gasteiger partial charge >= 0.3 is 0 Å². The van der Waals surface area contributed by atoms with Crippen molar-refractivity contribution in [2.24, 2.45) is 5.10 Å². The summed E-state index contributed by atoms with van der Waals surface area (Å²) in [5, 5.41) is 18.2. The fourth-order valence-electron chi connectivity index (χ4n) is 4.58. The van der Waals surface area contributed by atoms with Gasteiger partial charge in [-0.25, -0.2) is 5.43 Å². The Labute approximate surface area is 191 Å². The van der Waals surface area contributed by atoms with Gasteiger partial charge in [0.05, 0.1) is 17.1 Å². The van der Waals surface area contributed by atoms with E-state index >= 15 is 0 Å². The van der Waals surface area contributed by atoms with Crippen LogP contribution in [0.4, 0.5) is 5.69 Å². The molecule has 174 valence electrons. The predicted molar refractivity (Wildman–Crippen MR) is 122 cm³/mol. The van der Waals surface area contributed by atoms with E-state index in [1.54, 1.807) is 12.1 Å². The van der Waals surface area contributed by atoms with Crippen LogP contribution in [0.1, 0.15) is 78.0 Å². The largest absolute Gasteiger partial charge is 0.455 e. The molecule has 0 atom stereocenters. The number of nitro groups is 1. The molecule has 0 unspecified atom stereocenters. The maximum Gasteiger partial charge on any atom is 0.287 e. The third kappa shape index (κ3) is 5.30. The average molecular weight is 453 g/mol. The van der Waals surface area contributed by atoms with E-state index in [1.165, 1.54) is 18.6 Å². The first-order chi connectivity index (χ1) is 15.9. The molecule has 2 amide bonds. The summed E-state index contributed by atoms with van der Waals surface area (Å²) in [6.45, 7) is 1.86. The van der Waals surface area contributed by atoms with Crippen LogP contribution in [0.25, 0.3) is 0 Å². The molecule has 0 aliphatic heterocycles. The summed E-state index contributed by atoms with van der Waals surface area (Å²) in [5.74, 6) is 0.559. The number of hydrazone groups is 1. The molecule has 1 saturated carbocycles. The number of hydrogen-bond donors (Lipinski definition) is 2. The lowest BCUT2D eigenvalue weighted by Gasteiger charge is -2.22. The molecule has 1 heterocycles. The van der Waals surface area contributed by atoms with Gasteiger partial charge in [0, 0.05) is 35.7 Å². The van der Waals surface area contributed by atoms with E-state index in [1.807, 2.05) is 6.92 Å². The molecule has 2 aliphatic rings. The maximum absolute atomic E-state index is 12.8. The van der Waals surface area contributed by atoms with Crippen LogP contribution in [0.2, 0.25) is 0 Å². The van der Waals surface area contributed by atoms with Crippen molar-refractivity contribution in [1.82, 2.24) is 10.7 Å². The third-order valence-electron chi connectivity index (χ3n) is 6.30. The lowest BCUT2D eigenvalue weighted by Crippen LogP contribution is -2.36. The molecule has 9 heteroatoms. The van der Waals surface area contributed by atoms with Crippen LogP contribution < -0.4 is 10.7 Å². The molecular formula is C24H28N4O5. The average Bonchev–Trinajstić information content (AvgIpc) is 3.16. The Morgan fingerprint density at radius 3 is 2.55 bits per heavy atom. The number of carbonyl (C=O) groups excluding carboxylic acids is 2. The number of aryl methyl sites for hydroxylation is 1. The monoisotopic (exact) mass is 452 g/mol. The molecule has 2 aliphatic carbocycles. The first-order valence-electron chi connectivity index (χ1n) is 11.4. The molecule has 4 rings (SSSR count). The van der Waals surface area contributed by atoms with Crippen LogP contribution >= 0.6 is 0 Å². The number of non-ortho nitro benzene ring substituents is 1. The van der Waals surface area contributed by atoms with Crippen molar-refractivity contribution in [1.29, 1.82) is 0 Å². The van der Waals surface area contributed by atoms with Crippen LogP contribution in [0.5, 0.6) is 0 Å². The number of fused-ring (bicyclic) bond motifs is 1. The lowest BCUT2D eigenvalue weighted by atomic mass is 9.93. The minimum Gasteiger partial charge on any atom is -0.455 e. The van der Waals surface area contributed by atoms with Crippen molar-refractivity contribution in [2.45, 2.75) is 70.8 Å². The molecule has 1 aromatic heterocycles. The van der Waals surface area contributed by atoms with Crippen LogP contribution in [0, 0.1) is 17.0 Å². The number of carbonyl (C=O) groups is 2. The normalized spacial score (nSPS) is 17.4. The molecule has 1 aromatic carbocycles. The Balaban J connectivity index is 1.44. The number of hydrogen-bond acceptors (Lipinski definition) is 6. The standard InChI is InChI=1S/C24H28N4O5/c1-15-22-19(26-27-21(29)14-16-10-12-18(13-11-16)28(31)32)8-5-9-20(22)33-23(15)24(30)25-17-6-3-2-4-7-17/h10-13,17H,2-9,14H2,1H3,(H,25,30)(H,27,29)/b26-19+. The third-order valence-corrected chi connectivity index (χ3v) is 6.30. The van der Waals surface area contributed by atoms with Crippen LogP contribution in [-0.4, -0.2) is 28.5 Å². The van der Waals surface area contributed by atoms with Gasteiger partial charge in [-0.05, 0) is 38.2 Å². The molecule has 0 spiro atoms. The van der Waals surface area contributed by atoms with Crippen molar-refractivity contribution in [3.63, 3.8) is 0 Å². The number of nitrogens with zero attached hydrogens (tertiary/aromatic N) is 2. The van der Waals surface area contributed by atoms with Gasteiger partial charge in [0.25, 0.3) is 11.6 Å². The van der Waals surface area contributed by atoms with Crippen LogP contribution in [-0.2, 0) is 17.6 Å². The Morgan fingerprint density at radius 2 is 1.85 bits per heavy atom. The zero-order valence-corrected chi connectivity index (χ0v) is 18.7. The summed E-state index contributed by atoms with van der Waals surface area (Å²) >= 11 is 0. The zero-order chi connectivity index (χ0) is 23.4. The van der Waals surface area contributed by atoms with Crippen molar-refractivity contribution in [3.05, 3.63) is 62.6 Å². The van der Waals surface area contributed by atoms with E-state index in [2.05, 4.69) is 15.8 Å². The highest BCUT2D eigenvalue weighted by atomic mass is 16.6. The first kappa shape index (κ1) is 22.7. The van der Waals surface area contributed by atoms with Crippen LogP contribution in [0.15, 0.2) is 33.8 Å². The van der Waals surface area contributed by atoms with E-state index in [-0.39, 0.29) is 30.0 Å². The zero-order valence-electron chi connectivity index (χ0n) is 18.7. The Morgan fingerprint density at radius 1 is 1.12 bits per heavy atom. The Hall–Kier alpha value is -3.49. The molecule has 33 heavy (non-hydrogen) atoms. The topological polar surface area (TPSA) is 127 Å². The van der Waals surface area contributed by atoms with Gasteiger partial charge in [0.2, 0.25) is 5.91 Å². The molecule has 0 saturated heterocycles. The van der Waals surface area contributed by atoms with E-state index in [0.29, 0.717) is 23.5 Å². The molecule has 2 aromatic rings. The summed E-state index contributed by atoms with van der Waals surface area (Å²) in [6.07, 6.45) is 7.76. The minimum absolute atomic E-state index is 0.0205. The SMILES string of the molecule is Cc1c(C(=O)NC2CCCCC2)oc2c1/C(=N/NC(=O)Cc1ccc([N+](=O)[O-])cc1)CCC2. The van der Waals surface area contributed by atoms with Gasteiger partial charge in [0.15, 0.2) is 5.76 Å². The summed E-state index contributed by atoms with van der Waals surface area (Å²) in [7, 11) is 0. The number of rotatable bonds is 6. The lowest BCUT2D eigenvalue weighted by molar-refractivity contribution is -0.384. The Bertz CT molecular complexity index is 1080. The van der Waals surface area contributed by atoms with Gasteiger partial charge in [-0.3, -0.25) is 19.7 Å². The highest BCUT2D eigenvalue weighted by Gasteiger charge is 2.29. The molecule has 1 fully saturated rings. The van der Waals surface area contributed by atoms with Crippen molar-refractivity contribution in [2.75, 3.05) is 0 Å². The summed E-state index contributed by atoms with van der Waals surface area (Å²) < 4.78 is 5.94. The molecule has 0 radical (unpaired) electrons. The number of amides is 2. The number of furan rings is 1. The highest BCUT2D eigenvalue weighted by molar-refractivity contribution is 6.06. The van der Waals surface area contributed by atoms with Gasteiger partial charge in [0.1, 0.15) is 5.76 Å². The second-order valence-corrected chi connectivity index (χ2v) is 8.71. The second kappa shape index (κ2) is 9.97. The van der Waals surface area contributed by atoms with Gasteiger partial charge in [-0.1, -0.05) is 31.4 Å². The van der Waals surface area contributed by atoms with Gasteiger partial charge in [-0.15, -0.1) is 0 Å². The molecule has 9 nitrogen and oxygen atoms in total. The number of nitrogens with one attached hydrogen (secondary N) is 2. The maximum atomic E-state index is 12.8. The first-order valence-corrected chi connectivity index (χ1v) is 11.4. The smallest absolute Gasteiger partial charge is 0.287 e.